The summed E-state index contributed by atoms with van der Waals surface area (Å²) in [5, 5.41) is 17.6. The molecule has 3 rings (SSSR count). The number of nitrogens with one attached hydrogen (secondary N) is 2. The Labute approximate surface area is 75.7 Å². The number of fused-ring (bicyclic) bond motifs is 2. The second kappa shape index (κ2) is 2.66. The van der Waals surface area contributed by atoms with E-state index in [0.717, 1.165) is 19.0 Å². The van der Waals surface area contributed by atoms with Gasteiger partial charge in [-0.1, -0.05) is 5.10 Å². The van der Waals surface area contributed by atoms with Crippen LogP contribution in [-0.2, 0) is 0 Å². The molecule has 0 aliphatic carbocycles. The van der Waals surface area contributed by atoms with Crippen LogP contribution < -0.4 is 10.2 Å². The molecule has 6 heteroatoms. The molecule has 2 unspecified atom stereocenters. The molecule has 2 N–H and O–H groups in total. The molecule has 2 bridgehead atoms. The van der Waals surface area contributed by atoms with E-state index in [1.54, 1.807) is 0 Å². The van der Waals surface area contributed by atoms with E-state index in [0.29, 0.717) is 12.1 Å². The summed E-state index contributed by atoms with van der Waals surface area (Å²) < 4.78 is 0. The van der Waals surface area contributed by atoms with E-state index in [1.807, 2.05) is 0 Å². The van der Waals surface area contributed by atoms with E-state index in [9.17, 15) is 0 Å². The predicted molar refractivity (Wildman–Crippen MR) is 46.3 cm³/mol. The summed E-state index contributed by atoms with van der Waals surface area (Å²) in [6.45, 7) is 2.02. The zero-order chi connectivity index (χ0) is 8.67. The van der Waals surface area contributed by atoms with Crippen LogP contribution in [0.1, 0.15) is 12.8 Å². The van der Waals surface area contributed by atoms with Crippen LogP contribution in [0.2, 0.25) is 0 Å². The number of nitrogens with zero attached hydrogens (tertiary/aromatic N) is 4. The molecule has 70 valence electrons. The van der Waals surface area contributed by atoms with Gasteiger partial charge in [-0.25, -0.2) is 0 Å². The van der Waals surface area contributed by atoms with Gasteiger partial charge in [0.25, 0.3) is 5.95 Å². The molecule has 1 aromatic rings. The van der Waals surface area contributed by atoms with Gasteiger partial charge in [0.15, 0.2) is 0 Å². The zero-order valence-electron chi connectivity index (χ0n) is 7.27. The maximum atomic E-state index is 3.99. The molecule has 0 amide bonds. The van der Waals surface area contributed by atoms with Crippen LogP contribution in [0, 0.1) is 0 Å². The summed E-state index contributed by atoms with van der Waals surface area (Å²) >= 11 is 0. The Morgan fingerprint density at radius 3 is 2.62 bits per heavy atom. The quantitative estimate of drug-likeness (QED) is 0.588. The first-order valence-electron chi connectivity index (χ1n) is 4.66. The minimum absolute atomic E-state index is 0.622. The molecule has 0 spiro atoms. The summed E-state index contributed by atoms with van der Waals surface area (Å²) in [6, 6.07) is 1.24. The van der Waals surface area contributed by atoms with Crippen LogP contribution in [-0.4, -0.2) is 45.8 Å². The van der Waals surface area contributed by atoms with Gasteiger partial charge in [-0.15, -0.1) is 5.10 Å². The molecule has 2 saturated heterocycles. The van der Waals surface area contributed by atoms with Crippen LogP contribution in [0.5, 0.6) is 0 Å². The van der Waals surface area contributed by atoms with Gasteiger partial charge >= 0.3 is 0 Å². The molecular weight excluding hydrogens is 168 g/mol. The smallest absolute Gasteiger partial charge is 0.265 e. The molecule has 6 nitrogen and oxygen atoms in total. The Bertz CT molecular complexity index is 271. The highest BCUT2D eigenvalue weighted by molar-refractivity contribution is 5.29. The lowest BCUT2D eigenvalue weighted by atomic mass is 10.2. The molecule has 2 aliphatic heterocycles. The molecule has 2 fully saturated rings. The van der Waals surface area contributed by atoms with Crippen LogP contribution in [0.4, 0.5) is 5.95 Å². The Hall–Kier alpha value is -1.17. The van der Waals surface area contributed by atoms with Gasteiger partial charge in [-0.2, -0.15) is 5.21 Å². The normalized spacial score (nSPS) is 32.5. The van der Waals surface area contributed by atoms with Crippen LogP contribution >= 0.6 is 0 Å². The van der Waals surface area contributed by atoms with Crippen LogP contribution in [0.25, 0.3) is 0 Å². The molecule has 1 aromatic heterocycles. The zero-order valence-corrected chi connectivity index (χ0v) is 7.27. The number of piperazine rings is 1. The maximum Gasteiger partial charge on any atom is 0.265 e. The largest absolute Gasteiger partial charge is 0.335 e. The monoisotopic (exact) mass is 180 g/mol. The highest BCUT2D eigenvalue weighted by atomic mass is 15.5. The van der Waals surface area contributed by atoms with Crippen molar-refractivity contribution in [2.45, 2.75) is 24.9 Å². The minimum Gasteiger partial charge on any atom is -0.335 e. The fraction of sp³-hybridized carbons (Fsp3) is 0.857. The maximum absolute atomic E-state index is 3.99. The van der Waals surface area contributed by atoms with Gasteiger partial charge in [0.1, 0.15) is 0 Å². The number of hydrogen-bond donors (Lipinski definition) is 2. The molecule has 3 heterocycles. The fourth-order valence-corrected chi connectivity index (χ4v) is 2.25. The van der Waals surface area contributed by atoms with Crippen molar-refractivity contribution >= 4 is 5.95 Å². The topological polar surface area (TPSA) is 69.7 Å². The lowest BCUT2D eigenvalue weighted by Gasteiger charge is -2.31. The van der Waals surface area contributed by atoms with Crippen LogP contribution in [0.15, 0.2) is 0 Å². The Kier molecular flexibility index (Phi) is 1.49. The molecule has 13 heavy (non-hydrogen) atoms. The van der Waals surface area contributed by atoms with Gasteiger partial charge in [0, 0.05) is 25.2 Å². The first kappa shape index (κ1) is 7.25. The van der Waals surface area contributed by atoms with Crippen molar-refractivity contribution in [3.05, 3.63) is 0 Å². The Morgan fingerprint density at radius 2 is 2.00 bits per heavy atom. The second-order valence-corrected chi connectivity index (χ2v) is 3.75. The first-order valence-corrected chi connectivity index (χ1v) is 4.66. The van der Waals surface area contributed by atoms with Gasteiger partial charge in [-0.3, -0.25) is 0 Å². The van der Waals surface area contributed by atoms with Crippen molar-refractivity contribution in [1.82, 2.24) is 25.9 Å². The number of rotatable bonds is 1. The summed E-state index contributed by atoms with van der Waals surface area (Å²) in [5.74, 6) is 0.735. The average molecular weight is 180 g/mol. The van der Waals surface area contributed by atoms with Crippen molar-refractivity contribution < 1.29 is 0 Å². The molecule has 2 aliphatic rings. The minimum atomic E-state index is 0.622. The van der Waals surface area contributed by atoms with Crippen molar-refractivity contribution in [3.8, 4) is 0 Å². The highest BCUT2D eigenvalue weighted by Gasteiger charge is 2.33. The summed E-state index contributed by atoms with van der Waals surface area (Å²) in [4.78, 5) is 2.20. The van der Waals surface area contributed by atoms with E-state index in [-0.39, 0.29) is 0 Å². The average Bonchev–Trinajstić information content (AvgIpc) is 2.75. The lowest BCUT2D eigenvalue weighted by molar-refractivity contribution is 0.461. The summed E-state index contributed by atoms with van der Waals surface area (Å²) in [7, 11) is 0. The molecule has 0 saturated carbocycles. The molecule has 2 atom stereocenters. The van der Waals surface area contributed by atoms with E-state index < -0.39 is 0 Å². The third-order valence-electron chi connectivity index (χ3n) is 2.83. The number of H-pyrrole nitrogens is 1. The third-order valence-corrected chi connectivity index (χ3v) is 2.83. The fourth-order valence-electron chi connectivity index (χ4n) is 2.25. The number of aromatic nitrogens is 4. The molecule has 0 radical (unpaired) electrons. The number of aromatic amines is 1. The summed E-state index contributed by atoms with van der Waals surface area (Å²) in [5.41, 5.74) is 0. The van der Waals surface area contributed by atoms with E-state index in [2.05, 4.69) is 30.8 Å². The molecular formula is C7H12N6. The SMILES string of the molecule is C1CC2CN(c3nn[nH]n3)CC1N2. The standard InChI is InChI=1S/C7H12N6/c1-2-6-4-13(3-5(1)8-6)7-9-11-12-10-7/h5-6,8H,1-4H2,(H,9,10,11,12). The number of tetrazole rings is 1. The lowest BCUT2D eigenvalue weighted by Crippen LogP contribution is -2.51. The van der Waals surface area contributed by atoms with E-state index in [4.69, 9.17) is 0 Å². The van der Waals surface area contributed by atoms with Crippen LogP contribution in [0.3, 0.4) is 0 Å². The predicted octanol–water partition coefficient (Wildman–Crippen LogP) is -0.860. The van der Waals surface area contributed by atoms with Crippen molar-refractivity contribution in [3.63, 3.8) is 0 Å². The van der Waals surface area contributed by atoms with E-state index in [1.165, 1.54) is 12.8 Å². The van der Waals surface area contributed by atoms with Crippen molar-refractivity contribution in [1.29, 1.82) is 0 Å². The van der Waals surface area contributed by atoms with Crippen molar-refractivity contribution in [2.24, 2.45) is 0 Å². The summed E-state index contributed by atoms with van der Waals surface area (Å²) in [6.07, 6.45) is 2.55. The van der Waals surface area contributed by atoms with Gasteiger partial charge in [0.05, 0.1) is 0 Å². The third kappa shape index (κ3) is 1.17. The van der Waals surface area contributed by atoms with Gasteiger partial charge in [0.2, 0.25) is 0 Å². The van der Waals surface area contributed by atoms with Gasteiger partial charge in [-0.05, 0) is 18.1 Å². The second-order valence-electron chi connectivity index (χ2n) is 3.75. The van der Waals surface area contributed by atoms with Gasteiger partial charge < -0.3 is 10.2 Å². The van der Waals surface area contributed by atoms with Crippen molar-refractivity contribution in [2.75, 3.05) is 18.0 Å². The molecule has 0 aromatic carbocycles. The Morgan fingerprint density at radius 1 is 1.23 bits per heavy atom. The Balaban J connectivity index is 1.80. The first-order chi connectivity index (χ1) is 6.42. The number of anilines is 1. The number of hydrogen-bond acceptors (Lipinski definition) is 5. The van der Waals surface area contributed by atoms with E-state index >= 15 is 0 Å². The highest BCUT2D eigenvalue weighted by Crippen LogP contribution is 2.21.